The molecule has 0 fully saturated rings. The number of aryl methyl sites for hydroxylation is 1. The first-order valence-corrected chi connectivity index (χ1v) is 6.35. The summed E-state index contributed by atoms with van der Waals surface area (Å²) in [6.07, 6.45) is 4.05. The molecule has 0 radical (unpaired) electrons. The zero-order chi connectivity index (χ0) is 13.8. The molecule has 2 aromatic rings. The summed E-state index contributed by atoms with van der Waals surface area (Å²) in [5, 5.41) is 0. The fourth-order valence-corrected chi connectivity index (χ4v) is 1.99. The first-order chi connectivity index (χ1) is 9.12. The number of likely N-dealkylation sites (N-methyl/N-ethyl adjacent to an activating group) is 1. The van der Waals surface area contributed by atoms with Gasteiger partial charge in [-0.15, -0.1) is 0 Å². The van der Waals surface area contributed by atoms with Gasteiger partial charge in [0.2, 0.25) is 0 Å². The molecule has 0 aliphatic rings. The van der Waals surface area contributed by atoms with E-state index in [1.54, 1.807) is 0 Å². The molecule has 0 saturated heterocycles. The Kier molecular flexibility index (Phi) is 4.16. The average molecular weight is 261 g/mol. The molecule has 0 amide bonds. The van der Waals surface area contributed by atoms with Crippen molar-refractivity contribution in [1.29, 1.82) is 0 Å². The number of hydrogen-bond acceptors (Lipinski definition) is 4. The molecule has 5 heteroatoms. The molecule has 2 aromatic heterocycles. The highest BCUT2D eigenvalue weighted by Crippen LogP contribution is 2.09. The quantitative estimate of drug-likeness (QED) is 0.768. The second-order valence-corrected chi connectivity index (χ2v) is 4.58. The van der Waals surface area contributed by atoms with Crippen molar-refractivity contribution in [2.45, 2.75) is 20.4 Å². The minimum absolute atomic E-state index is 0.221. The molecule has 0 bridgehead atoms. The van der Waals surface area contributed by atoms with Gasteiger partial charge in [-0.1, -0.05) is 13.0 Å². The van der Waals surface area contributed by atoms with Gasteiger partial charge in [-0.25, -0.2) is 4.98 Å². The van der Waals surface area contributed by atoms with Gasteiger partial charge in [0.15, 0.2) is 0 Å². The Morgan fingerprint density at radius 1 is 1.42 bits per heavy atom. The van der Waals surface area contributed by atoms with Gasteiger partial charge in [-0.3, -0.25) is 9.69 Å². The normalized spacial score (nSPS) is 11.2. The van der Waals surface area contributed by atoms with Crippen molar-refractivity contribution in [3.63, 3.8) is 0 Å². The lowest BCUT2D eigenvalue weighted by Crippen LogP contribution is -2.30. The number of imidazole rings is 1. The van der Waals surface area contributed by atoms with E-state index in [-0.39, 0.29) is 5.97 Å². The molecule has 0 spiro atoms. The predicted octanol–water partition coefficient (Wildman–Crippen LogP) is 1.64. The van der Waals surface area contributed by atoms with E-state index in [2.05, 4.69) is 16.6 Å². The molecule has 0 atom stereocenters. The third-order valence-electron chi connectivity index (χ3n) is 3.06. The van der Waals surface area contributed by atoms with Crippen molar-refractivity contribution in [3.05, 3.63) is 35.8 Å². The van der Waals surface area contributed by atoms with Crippen LogP contribution in [0.4, 0.5) is 0 Å². The van der Waals surface area contributed by atoms with Crippen LogP contribution in [0.2, 0.25) is 0 Å². The zero-order valence-corrected chi connectivity index (χ0v) is 11.6. The number of aromatic nitrogens is 2. The van der Waals surface area contributed by atoms with Crippen LogP contribution in [0.5, 0.6) is 0 Å². The molecule has 5 nitrogen and oxygen atoms in total. The van der Waals surface area contributed by atoms with Crippen molar-refractivity contribution in [3.8, 4) is 0 Å². The summed E-state index contributed by atoms with van der Waals surface area (Å²) in [6, 6.07) is 4.04. The Morgan fingerprint density at radius 3 is 2.89 bits per heavy atom. The lowest BCUT2D eigenvalue weighted by atomic mass is 10.3. The Balaban J connectivity index is 2.13. The number of nitrogens with zero attached hydrogens (tertiary/aromatic N) is 3. The maximum absolute atomic E-state index is 11.3. The molecule has 0 aliphatic carbocycles. The highest BCUT2D eigenvalue weighted by molar-refractivity contribution is 5.71. The maximum Gasteiger partial charge on any atom is 0.319 e. The van der Waals surface area contributed by atoms with E-state index in [0.29, 0.717) is 13.1 Å². The number of fused-ring (bicyclic) bond motifs is 1. The fraction of sp³-hybridized carbons (Fsp3) is 0.429. The number of hydrogen-bond donors (Lipinski definition) is 0. The van der Waals surface area contributed by atoms with Crippen LogP contribution in [0, 0.1) is 6.92 Å². The Morgan fingerprint density at radius 2 is 2.21 bits per heavy atom. The van der Waals surface area contributed by atoms with Gasteiger partial charge < -0.3 is 9.14 Å². The van der Waals surface area contributed by atoms with Crippen molar-refractivity contribution in [2.75, 3.05) is 20.2 Å². The van der Waals surface area contributed by atoms with Crippen LogP contribution in [-0.2, 0) is 16.1 Å². The van der Waals surface area contributed by atoms with Crippen LogP contribution in [0.25, 0.3) is 5.65 Å². The molecular weight excluding hydrogens is 242 g/mol. The van der Waals surface area contributed by atoms with Gasteiger partial charge >= 0.3 is 5.97 Å². The van der Waals surface area contributed by atoms with Crippen molar-refractivity contribution in [2.24, 2.45) is 0 Å². The van der Waals surface area contributed by atoms with E-state index in [9.17, 15) is 4.79 Å². The second kappa shape index (κ2) is 5.84. The first-order valence-electron chi connectivity index (χ1n) is 6.35. The standard InChI is InChI=1S/C14H19N3O2/c1-4-16(10-14(18)19-3)8-12-9-17-7-11(2)5-6-13(17)15-12/h5-7,9H,4,8,10H2,1-3H3. The van der Waals surface area contributed by atoms with Crippen LogP contribution in [-0.4, -0.2) is 40.5 Å². The minimum Gasteiger partial charge on any atom is -0.468 e. The van der Waals surface area contributed by atoms with Crippen LogP contribution in [0.3, 0.4) is 0 Å². The predicted molar refractivity (Wildman–Crippen MR) is 72.9 cm³/mol. The topological polar surface area (TPSA) is 46.8 Å². The molecule has 0 unspecified atom stereocenters. The van der Waals surface area contributed by atoms with Crippen molar-refractivity contribution < 1.29 is 9.53 Å². The third-order valence-corrected chi connectivity index (χ3v) is 3.06. The molecular formula is C14H19N3O2. The summed E-state index contributed by atoms with van der Waals surface area (Å²) in [5.41, 5.74) is 3.07. The van der Waals surface area contributed by atoms with Crippen LogP contribution >= 0.6 is 0 Å². The Labute approximate surface area is 112 Å². The highest BCUT2D eigenvalue weighted by atomic mass is 16.5. The molecule has 2 rings (SSSR count). The fourth-order valence-electron chi connectivity index (χ4n) is 1.99. The van der Waals surface area contributed by atoms with Crippen LogP contribution < -0.4 is 0 Å². The number of carbonyl (C=O) groups excluding carboxylic acids is 1. The smallest absolute Gasteiger partial charge is 0.319 e. The van der Waals surface area contributed by atoms with Crippen LogP contribution in [0.1, 0.15) is 18.2 Å². The number of rotatable bonds is 5. The Hall–Kier alpha value is -1.88. The summed E-state index contributed by atoms with van der Waals surface area (Å²) >= 11 is 0. The molecule has 0 saturated carbocycles. The first kappa shape index (κ1) is 13.5. The largest absolute Gasteiger partial charge is 0.468 e. The summed E-state index contributed by atoms with van der Waals surface area (Å²) in [7, 11) is 1.41. The van der Waals surface area contributed by atoms with Crippen molar-refractivity contribution >= 4 is 11.6 Å². The second-order valence-electron chi connectivity index (χ2n) is 4.58. The average Bonchev–Trinajstić information content (AvgIpc) is 2.79. The number of esters is 1. The molecule has 0 aliphatic heterocycles. The lowest BCUT2D eigenvalue weighted by Gasteiger charge is -2.17. The van der Waals surface area contributed by atoms with Gasteiger partial charge in [0, 0.05) is 18.9 Å². The van der Waals surface area contributed by atoms with Gasteiger partial charge in [-0.05, 0) is 25.1 Å². The molecule has 0 aromatic carbocycles. The molecule has 2 heterocycles. The van der Waals surface area contributed by atoms with Gasteiger partial charge in [0.1, 0.15) is 5.65 Å². The van der Waals surface area contributed by atoms with Gasteiger partial charge in [-0.2, -0.15) is 0 Å². The number of carbonyl (C=O) groups is 1. The summed E-state index contributed by atoms with van der Waals surface area (Å²) < 4.78 is 6.70. The number of ether oxygens (including phenoxy) is 1. The summed E-state index contributed by atoms with van der Waals surface area (Å²) in [6.45, 7) is 5.78. The van der Waals surface area contributed by atoms with E-state index < -0.39 is 0 Å². The number of methoxy groups -OCH3 is 1. The van der Waals surface area contributed by atoms with Crippen LogP contribution in [0.15, 0.2) is 24.5 Å². The van der Waals surface area contributed by atoms with E-state index in [4.69, 9.17) is 0 Å². The van der Waals surface area contributed by atoms with Gasteiger partial charge in [0.25, 0.3) is 0 Å². The monoisotopic (exact) mass is 261 g/mol. The number of pyridine rings is 1. The Bertz CT molecular complexity index is 577. The molecule has 0 N–H and O–H groups in total. The van der Waals surface area contributed by atoms with E-state index in [0.717, 1.165) is 17.9 Å². The summed E-state index contributed by atoms with van der Waals surface area (Å²) in [5.74, 6) is -0.221. The van der Waals surface area contributed by atoms with Gasteiger partial charge in [0.05, 0.1) is 19.3 Å². The summed E-state index contributed by atoms with van der Waals surface area (Å²) in [4.78, 5) is 17.8. The van der Waals surface area contributed by atoms with E-state index >= 15 is 0 Å². The third kappa shape index (κ3) is 3.32. The molecule has 102 valence electrons. The highest BCUT2D eigenvalue weighted by Gasteiger charge is 2.11. The van der Waals surface area contributed by atoms with E-state index in [1.807, 2.05) is 40.8 Å². The zero-order valence-electron chi connectivity index (χ0n) is 11.6. The molecule has 19 heavy (non-hydrogen) atoms. The SMILES string of the molecule is CCN(CC(=O)OC)Cc1cn2cc(C)ccc2n1. The van der Waals surface area contributed by atoms with E-state index in [1.165, 1.54) is 12.7 Å². The lowest BCUT2D eigenvalue weighted by molar-refractivity contribution is -0.142. The minimum atomic E-state index is -0.221. The maximum atomic E-state index is 11.3. The van der Waals surface area contributed by atoms with Crippen molar-refractivity contribution in [1.82, 2.24) is 14.3 Å².